The van der Waals surface area contributed by atoms with Gasteiger partial charge < -0.3 is 9.88 Å². The molecule has 8 heteroatoms. The molecule has 0 aliphatic rings. The van der Waals surface area contributed by atoms with E-state index < -0.39 is 0 Å². The second-order valence-corrected chi connectivity index (χ2v) is 7.54. The average Bonchev–Trinajstić information content (AvgIpc) is 2.94. The van der Waals surface area contributed by atoms with E-state index in [1.165, 1.54) is 11.8 Å². The van der Waals surface area contributed by atoms with Gasteiger partial charge in [0.15, 0.2) is 5.65 Å². The van der Waals surface area contributed by atoms with E-state index in [0.717, 1.165) is 32.2 Å². The summed E-state index contributed by atoms with van der Waals surface area (Å²) in [5, 5.41) is 12.8. The van der Waals surface area contributed by atoms with E-state index in [4.69, 9.17) is 0 Å². The molecule has 0 radical (unpaired) electrons. The van der Waals surface area contributed by atoms with Crippen LogP contribution in [0.2, 0.25) is 0 Å². The van der Waals surface area contributed by atoms with Crippen molar-refractivity contribution in [2.45, 2.75) is 5.16 Å². The Balaban J connectivity index is 1.50. The van der Waals surface area contributed by atoms with Gasteiger partial charge in [0.05, 0.1) is 11.3 Å². The third-order valence-electron chi connectivity index (χ3n) is 3.95. The van der Waals surface area contributed by atoms with Crippen LogP contribution in [0.15, 0.2) is 58.2 Å². The maximum absolute atomic E-state index is 12.1. The summed E-state index contributed by atoms with van der Waals surface area (Å²) in [6, 6.07) is 15.4. The van der Waals surface area contributed by atoms with Crippen molar-refractivity contribution in [1.82, 2.24) is 19.7 Å². The molecule has 6 nitrogen and oxygen atoms in total. The molecule has 26 heavy (non-hydrogen) atoms. The molecular weight excluding hydrogens is 414 g/mol. The van der Waals surface area contributed by atoms with Gasteiger partial charge in [0, 0.05) is 22.6 Å². The summed E-state index contributed by atoms with van der Waals surface area (Å²) in [7, 11) is 1.95. The largest absolute Gasteiger partial charge is 0.327 e. The number of anilines is 1. The molecule has 4 aromatic rings. The summed E-state index contributed by atoms with van der Waals surface area (Å²) in [5.41, 5.74) is 3.34. The Hall–Kier alpha value is -2.45. The van der Waals surface area contributed by atoms with E-state index in [-0.39, 0.29) is 11.7 Å². The fourth-order valence-electron chi connectivity index (χ4n) is 2.71. The van der Waals surface area contributed by atoms with Gasteiger partial charge in [-0.2, -0.15) is 0 Å². The van der Waals surface area contributed by atoms with Crippen LogP contribution in [0.3, 0.4) is 0 Å². The highest BCUT2D eigenvalue weighted by Crippen LogP contribution is 2.26. The number of rotatable bonds is 4. The minimum atomic E-state index is -0.113. The van der Waals surface area contributed by atoms with E-state index in [1.54, 1.807) is 0 Å². The number of fused-ring (bicyclic) bond motifs is 3. The Bertz CT molecular complexity index is 1110. The molecular formula is C18H14BrN5OS. The number of nitrogens with one attached hydrogen (secondary N) is 1. The highest BCUT2D eigenvalue weighted by atomic mass is 79.9. The highest BCUT2D eigenvalue weighted by Gasteiger charge is 2.13. The topological polar surface area (TPSA) is 72.7 Å². The zero-order valence-corrected chi connectivity index (χ0v) is 16.2. The maximum Gasteiger partial charge on any atom is 0.234 e. The Kier molecular flexibility index (Phi) is 4.60. The lowest BCUT2D eigenvalue weighted by Crippen LogP contribution is -2.14. The highest BCUT2D eigenvalue weighted by molar-refractivity contribution is 9.10. The number of carbonyl (C=O) groups excluding carboxylic acids is 1. The van der Waals surface area contributed by atoms with Gasteiger partial charge in [-0.25, -0.2) is 4.98 Å². The van der Waals surface area contributed by atoms with E-state index in [0.29, 0.717) is 5.16 Å². The number of aryl methyl sites for hydroxylation is 1. The first-order valence-electron chi connectivity index (χ1n) is 7.88. The molecule has 0 aliphatic carbocycles. The first-order valence-corrected chi connectivity index (χ1v) is 9.66. The Morgan fingerprint density at radius 2 is 1.92 bits per heavy atom. The smallest absolute Gasteiger partial charge is 0.234 e. The van der Waals surface area contributed by atoms with Gasteiger partial charge in [-0.3, -0.25) is 4.79 Å². The van der Waals surface area contributed by atoms with Crippen molar-refractivity contribution in [1.29, 1.82) is 0 Å². The van der Waals surface area contributed by atoms with Crippen LogP contribution >= 0.6 is 27.7 Å². The molecule has 2 heterocycles. The van der Waals surface area contributed by atoms with E-state index in [1.807, 2.05) is 60.1 Å². The number of amides is 1. The van der Waals surface area contributed by atoms with Crippen molar-refractivity contribution in [2.75, 3.05) is 11.1 Å². The minimum Gasteiger partial charge on any atom is -0.327 e. The van der Waals surface area contributed by atoms with Crippen LogP contribution in [0, 0.1) is 0 Å². The Morgan fingerprint density at radius 1 is 1.15 bits per heavy atom. The second-order valence-electron chi connectivity index (χ2n) is 5.69. The van der Waals surface area contributed by atoms with Crippen molar-refractivity contribution in [2.24, 2.45) is 7.05 Å². The third kappa shape index (κ3) is 3.30. The Morgan fingerprint density at radius 3 is 2.73 bits per heavy atom. The number of aromatic nitrogens is 4. The SMILES string of the molecule is Cn1c2ccccc2c2nnc(SCC(=O)Nc3ccc(Br)cc3)nc21. The van der Waals surface area contributed by atoms with Crippen LogP contribution < -0.4 is 5.32 Å². The maximum atomic E-state index is 12.1. The number of hydrogen-bond donors (Lipinski definition) is 1. The molecule has 1 N–H and O–H groups in total. The summed E-state index contributed by atoms with van der Waals surface area (Å²) in [6.07, 6.45) is 0. The lowest BCUT2D eigenvalue weighted by molar-refractivity contribution is -0.113. The molecule has 0 fully saturated rings. The first-order chi connectivity index (χ1) is 12.6. The predicted octanol–water partition coefficient (Wildman–Crippen LogP) is 4.01. The number of hydrogen-bond acceptors (Lipinski definition) is 5. The number of para-hydroxylation sites is 1. The van der Waals surface area contributed by atoms with Gasteiger partial charge in [-0.1, -0.05) is 45.9 Å². The molecule has 0 atom stereocenters. The fraction of sp³-hybridized carbons (Fsp3) is 0.111. The summed E-state index contributed by atoms with van der Waals surface area (Å²) in [6.45, 7) is 0. The van der Waals surface area contributed by atoms with E-state index in [9.17, 15) is 4.79 Å². The van der Waals surface area contributed by atoms with Gasteiger partial charge in [0.1, 0.15) is 5.52 Å². The van der Waals surface area contributed by atoms with Crippen molar-refractivity contribution in [3.8, 4) is 0 Å². The molecule has 2 aromatic heterocycles. The molecule has 2 aromatic carbocycles. The van der Waals surface area contributed by atoms with Gasteiger partial charge in [-0.15, -0.1) is 10.2 Å². The third-order valence-corrected chi connectivity index (χ3v) is 5.31. The molecule has 0 saturated heterocycles. The van der Waals surface area contributed by atoms with E-state index >= 15 is 0 Å². The van der Waals surface area contributed by atoms with Crippen LogP contribution in [0.4, 0.5) is 5.69 Å². The van der Waals surface area contributed by atoms with Gasteiger partial charge in [0.2, 0.25) is 11.1 Å². The standard InChI is InChI=1S/C18H14BrN5OS/c1-24-14-5-3-2-4-13(14)16-17(24)21-18(23-22-16)26-10-15(25)20-12-8-6-11(19)7-9-12/h2-9H,10H2,1H3,(H,20,25). The number of carbonyl (C=O) groups is 1. The quantitative estimate of drug-likeness (QED) is 0.498. The lowest BCUT2D eigenvalue weighted by Gasteiger charge is -2.04. The zero-order chi connectivity index (χ0) is 18.1. The molecule has 4 rings (SSSR count). The van der Waals surface area contributed by atoms with Gasteiger partial charge in [0.25, 0.3) is 0 Å². The fourth-order valence-corrected chi connectivity index (χ4v) is 3.56. The second kappa shape index (κ2) is 7.05. The van der Waals surface area contributed by atoms with Crippen LogP contribution in [0.5, 0.6) is 0 Å². The van der Waals surface area contributed by atoms with Crippen LogP contribution in [0.1, 0.15) is 0 Å². The van der Waals surface area contributed by atoms with Crippen molar-refractivity contribution in [3.05, 3.63) is 53.0 Å². The summed E-state index contributed by atoms with van der Waals surface area (Å²) in [5.74, 6) is 0.103. The number of halogens is 1. The van der Waals surface area contributed by atoms with Crippen LogP contribution in [0.25, 0.3) is 22.1 Å². The van der Waals surface area contributed by atoms with Crippen molar-refractivity contribution >= 4 is 61.4 Å². The van der Waals surface area contributed by atoms with Gasteiger partial charge in [-0.05, 0) is 30.3 Å². The Labute approximate surface area is 162 Å². The van der Waals surface area contributed by atoms with Crippen molar-refractivity contribution in [3.63, 3.8) is 0 Å². The lowest BCUT2D eigenvalue weighted by atomic mass is 10.2. The molecule has 0 bridgehead atoms. The minimum absolute atomic E-state index is 0.113. The molecule has 130 valence electrons. The number of benzene rings is 2. The predicted molar refractivity (Wildman–Crippen MR) is 107 cm³/mol. The first kappa shape index (κ1) is 17.0. The van der Waals surface area contributed by atoms with E-state index in [2.05, 4.69) is 36.4 Å². The number of thioether (sulfide) groups is 1. The van der Waals surface area contributed by atoms with Gasteiger partial charge >= 0.3 is 0 Å². The van der Waals surface area contributed by atoms with Crippen LogP contribution in [-0.4, -0.2) is 31.4 Å². The molecule has 0 spiro atoms. The molecule has 1 amide bonds. The molecule has 0 saturated carbocycles. The number of nitrogens with zero attached hydrogens (tertiary/aromatic N) is 4. The average molecular weight is 428 g/mol. The molecule has 0 aliphatic heterocycles. The van der Waals surface area contributed by atoms with Crippen molar-refractivity contribution < 1.29 is 4.79 Å². The van der Waals surface area contributed by atoms with Crippen LogP contribution in [-0.2, 0) is 11.8 Å². The summed E-state index contributed by atoms with van der Waals surface area (Å²) >= 11 is 4.63. The monoisotopic (exact) mass is 427 g/mol. The summed E-state index contributed by atoms with van der Waals surface area (Å²) < 4.78 is 2.96. The zero-order valence-electron chi connectivity index (χ0n) is 13.8. The normalized spacial score (nSPS) is 11.2. The summed E-state index contributed by atoms with van der Waals surface area (Å²) in [4.78, 5) is 16.7. The molecule has 0 unspecified atom stereocenters.